The van der Waals surface area contributed by atoms with Crippen molar-refractivity contribution < 1.29 is 27.4 Å². The van der Waals surface area contributed by atoms with Gasteiger partial charge in [-0.25, -0.2) is 13.1 Å². The van der Waals surface area contributed by atoms with Crippen molar-refractivity contribution >= 4 is 27.5 Å². The van der Waals surface area contributed by atoms with E-state index in [1.54, 1.807) is 45.2 Å². The molecule has 8 nitrogen and oxygen atoms in total. The summed E-state index contributed by atoms with van der Waals surface area (Å²) in [6, 6.07) is 11.8. The third-order valence-corrected chi connectivity index (χ3v) is 6.63. The van der Waals surface area contributed by atoms with Gasteiger partial charge in [0.2, 0.25) is 15.9 Å². The second-order valence-corrected chi connectivity index (χ2v) is 10.4. The van der Waals surface area contributed by atoms with Gasteiger partial charge in [-0.1, -0.05) is 31.5 Å². The average Bonchev–Trinajstić information content (AvgIpc) is 2.81. The van der Waals surface area contributed by atoms with Crippen LogP contribution in [0.4, 0.5) is 0 Å². The van der Waals surface area contributed by atoms with Crippen molar-refractivity contribution in [3.8, 4) is 17.2 Å². The molecule has 0 aromatic heterocycles. The smallest absolute Gasteiger partial charge is 0.238 e. The first-order valence-electron chi connectivity index (χ1n) is 11.1. The zero-order chi connectivity index (χ0) is 25.1. The highest BCUT2D eigenvalue weighted by Crippen LogP contribution is 2.28. The topological polar surface area (TPSA) is 103 Å². The number of ether oxygens (including phenoxy) is 3. The molecule has 0 heterocycles. The molecule has 1 unspecified atom stereocenters. The number of carbonyl (C=O) groups is 1. The van der Waals surface area contributed by atoms with Gasteiger partial charge in [0.25, 0.3) is 0 Å². The van der Waals surface area contributed by atoms with Crippen LogP contribution in [0.5, 0.6) is 17.2 Å². The Bertz CT molecular complexity index is 1030. The lowest BCUT2D eigenvalue weighted by Gasteiger charge is -2.21. The monoisotopic (exact) mass is 512 g/mol. The average molecular weight is 513 g/mol. The molecule has 0 saturated heterocycles. The quantitative estimate of drug-likeness (QED) is 0.376. The second kappa shape index (κ2) is 13.4. The van der Waals surface area contributed by atoms with Crippen LogP contribution in [0.3, 0.4) is 0 Å². The minimum absolute atomic E-state index is 0.0784. The molecule has 0 aliphatic heterocycles. The largest absolute Gasteiger partial charge is 0.493 e. The number of hydrogen-bond acceptors (Lipinski definition) is 6. The number of nitrogens with one attached hydrogen (secondary N) is 2. The summed E-state index contributed by atoms with van der Waals surface area (Å²) in [7, 11) is -1.92. The minimum atomic E-state index is -3.48. The van der Waals surface area contributed by atoms with Gasteiger partial charge in [0.15, 0.2) is 11.5 Å². The van der Waals surface area contributed by atoms with Crippen molar-refractivity contribution in [1.82, 2.24) is 10.0 Å². The van der Waals surface area contributed by atoms with Crippen molar-refractivity contribution in [2.45, 2.75) is 33.2 Å². The fourth-order valence-electron chi connectivity index (χ4n) is 3.04. The van der Waals surface area contributed by atoms with Gasteiger partial charge in [-0.2, -0.15) is 0 Å². The van der Waals surface area contributed by atoms with E-state index in [4.69, 9.17) is 25.8 Å². The van der Waals surface area contributed by atoms with Gasteiger partial charge in [-0.05, 0) is 61.2 Å². The molecule has 0 saturated carbocycles. The minimum Gasteiger partial charge on any atom is -0.493 e. The summed E-state index contributed by atoms with van der Waals surface area (Å²) < 4.78 is 43.0. The molecule has 0 aliphatic carbocycles. The summed E-state index contributed by atoms with van der Waals surface area (Å²) in [6.07, 6.45) is 0.549. The Morgan fingerprint density at radius 2 is 1.71 bits per heavy atom. The summed E-state index contributed by atoms with van der Waals surface area (Å²) in [5, 5.41) is 3.46. The summed E-state index contributed by atoms with van der Waals surface area (Å²) in [4.78, 5) is 12.5. The molecule has 1 atom stereocenters. The normalized spacial score (nSPS) is 12.3. The molecule has 0 bridgehead atoms. The van der Waals surface area contributed by atoms with E-state index >= 15 is 0 Å². The van der Waals surface area contributed by atoms with E-state index in [-0.39, 0.29) is 17.6 Å². The van der Waals surface area contributed by atoms with E-state index < -0.39 is 16.1 Å². The van der Waals surface area contributed by atoms with Crippen LogP contribution in [0.1, 0.15) is 26.3 Å². The molecule has 34 heavy (non-hydrogen) atoms. The van der Waals surface area contributed by atoms with Crippen molar-refractivity contribution in [3.63, 3.8) is 0 Å². The van der Waals surface area contributed by atoms with E-state index in [2.05, 4.69) is 10.0 Å². The number of rotatable bonds is 14. The zero-order valence-corrected chi connectivity index (χ0v) is 21.5. The summed E-state index contributed by atoms with van der Waals surface area (Å²) in [6.45, 7) is 6.17. The Hall–Kier alpha value is -2.49. The molecule has 0 radical (unpaired) electrons. The number of carbonyl (C=O) groups excluding carboxylic acids is 1. The van der Waals surface area contributed by atoms with Crippen molar-refractivity contribution in [3.05, 3.63) is 53.1 Å². The van der Waals surface area contributed by atoms with Gasteiger partial charge in [0.05, 0.1) is 12.9 Å². The van der Waals surface area contributed by atoms with Gasteiger partial charge in [-0.3, -0.25) is 4.79 Å². The number of amides is 1. The van der Waals surface area contributed by atoms with Gasteiger partial charge < -0.3 is 19.5 Å². The van der Waals surface area contributed by atoms with E-state index in [1.165, 1.54) is 6.92 Å². The van der Waals surface area contributed by atoms with Crippen molar-refractivity contribution in [2.75, 3.05) is 32.6 Å². The van der Waals surface area contributed by atoms with E-state index in [1.807, 2.05) is 18.2 Å². The number of halogens is 1. The molecule has 0 fully saturated rings. The van der Waals surface area contributed by atoms with E-state index in [0.717, 1.165) is 5.56 Å². The highest BCUT2D eigenvalue weighted by atomic mass is 35.5. The fraction of sp³-hybridized carbons (Fsp3) is 0.458. The first-order chi connectivity index (χ1) is 16.1. The van der Waals surface area contributed by atoms with Crippen molar-refractivity contribution in [2.24, 2.45) is 5.92 Å². The lowest BCUT2D eigenvalue weighted by atomic mass is 10.0. The third kappa shape index (κ3) is 9.04. The van der Waals surface area contributed by atoms with Crippen LogP contribution in [-0.4, -0.2) is 53.0 Å². The number of sulfonamides is 1. The summed E-state index contributed by atoms with van der Waals surface area (Å²) in [5.41, 5.74) is 0.942. The molecule has 2 rings (SSSR count). The number of hydrogen-bond donors (Lipinski definition) is 2. The molecular weight excluding hydrogens is 480 g/mol. The molecular formula is C24H33ClN2O6S. The number of methoxy groups -OCH3 is 1. The van der Waals surface area contributed by atoms with Crippen LogP contribution in [0, 0.1) is 5.92 Å². The first-order valence-corrected chi connectivity index (χ1v) is 13.1. The maximum Gasteiger partial charge on any atom is 0.238 e. The van der Waals surface area contributed by atoms with Crippen LogP contribution in [0.25, 0.3) is 0 Å². The van der Waals surface area contributed by atoms with Gasteiger partial charge in [0, 0.05) is 11.6 Å². The summed E-state index contributed by atoms with van der Waals surface area (Å²) in [5.74, 6) is 1.26. The van der Waals surface area contributed by atoms with Crippen LogP contribution < -0.4 is 24.2 Å². The highest BCUT2D eigenvalue weighted by molar-refractivity contribution is 7.89. The highest BCUT2D eigenvalue weighted by Gasteiger charge is 2.26. The van der Waals surface area contributed by atoms with Gasteiger partial charge >= 0.3 is 0 Å². The Morgan fingerprint density at radius 1 is 1.03 bits per heavy atom. The molecule has 1 amide bonds. The Kier molecular flexibility index (Phi) is 10.9. The molecule has 0 aliphatic rings. The van der Waals surface area contributed by atoms with Crippen LogP contribution in [0.2, 0.25) is 5.02 Å². The summed E-state index contributed by atoms with van der Waals surface area (Å²) >= 11 is 5.86. The zero-order valence-electron chi connectivity index (χ0n) is 20.0. The second-order valence-electron chi connectivity index (χ2n) is 7.92. The lowest BCUT2D eigenvalue weighted by Crippen LogP contribution is -2.50. The predicted molar refractivity (Wildman–Crippen MR) is 133 cm³/mol. The molecule has 2 aromatic rings. The van der Waals surface area contributed by atoms with Gasteiger partial charge in [-0.15, -0.1) is 0 Å². The van der Waals surface area contributed by atoms with Crippen LogP contribution >= 0.6 is 11.6 Å². The Balaban J connectivity index is 1.85. The number of benzene rings is 2. The molecule has 2 N–H and O–H groups in total. The fourth-order valence-corrected chi connectivity index (χ4v) is 4.10. The van der Waals surface area contributed by atoms with Crippen molar-refractivity contribution in [1.29, 1.82) is 0 Å². The molecule has 188 valence electrons. The Labute approximate surface area is 207 Å². The molecule has 0 spiro atoms. The SMILES string of the molecule is CCS(=O)(=O)NC(C(=O)NCCc1ccc(OCCOc2ccc(Cl)cc2)c(OC)c1)C(C)C. The van der Waals surface area contributed by atoms with Crippen LogP contribution in [-0.2, 0) is 21.2 Å². The lowest BCUT2D eigenvalue weighted by molar-refractivity contribution is -0.123. The maximum atomic E-state index is 12.5. The molecule has 2 aromatic carbocycles. The maximum absolute atomic E-state index is 12.5. The standard InChI is InChI=1S/C24H33ClN2O6S/c1-5-34(29,30)27-23(17(2)3)24(28)26-13-12-18-6-11-21(22(16-18)31-4)33-15-14-32-20-9-7-19(25)8-10-20/h6-11,16-17,23,27H,5,12-15H2,1-4H3,(H,26,28). The first kappa shape index (κ1) is 27.8. The van der Waals surface area contributed by atoms with Crippen LogP contribution in [0.15, 0.2) is 42.5 Å². The predicted octanol–water partition coefficient (Wildman–Crippen LogP) is 3.43. The van der Waals surface area contributed by atoms with E-state index in [9.17, 15) is 13.2 Å². The molecule has 10 heteroatoms. The third-order valence-electron chi connectivity index (χ3n) is 5.00. The van der Waals surface area contributed by atoms with Gasteiger partial charge in [0.1, 0.15) is 25.0 Å². The Morgan fingerprint density at radius 3 is 2.32 bits per heavy atom. The van der Waals surface area contributed by atoms with E-state index in [0.29, 0.717) is 48.5 Å².